The molecule has 5 heteroatoms. The van der Waals surface area contributed by atoms with Crippen molar-refractivity contribution in [3.8, 4) is 0 Å². The predicted molar refractivity (Wildman–Crippen MR) is 48.6 cm³/mol. The Bertz CT molecular complexity index is 470. The molecule has 0 saturated heterocycles. The zero-order valence-corrected chi connectivity index (χ0v) is 7.24. The summed E-state index contributed by atoms with van der Waals surface area (Å²) >= 11 is 0. The van der Waals surface area contributed by atoms with Gasteiger partial charge in [-0.15, -0.1) is 0 Å². The Morgan fingerprint density at radius 2 is 2.54 bits per heavy atom. The first-order valence-corrected chi connectivity index (χ1v) is 4.01. The van der Waals surface area contributed by atoms with Gasteiger partial charge in [0.25, 0.3) is 5.56 Å². The van der Waals surface area contributed by atoms with Gasteiger partial charge in [0.2, 0.25) is 5.65 Å². The maximum Gasteiger partial charge on any atom is 0.291 e. The number of nitrogens with one attached hydrogen (secondary N) is 2. The van der Waals surface area contributed by atoms with E-state index in [1.165, 1.54) is 0 Å². The fourth-order valence-electron chi connectivity index (χ4n) is 1.25. The second kappa shape index (κ2) is 3.02. The molecule has 68 valence electrons. The molecule has 2 aromatic heterocycles. The molecule has 0 aliphatic heterocycles. The lowest BCUT2D eigenvalue weighted by molar-refractivity contribution is 0.798. The first-order chi connectivity index (χ1) is 6.31. The van der Waals surface area contributed by atoms with Crippen molar-refractivity contribution in [3.63, 3.8) is 0 Å². The van der Waals surface area contributed by atoms with Crippen molar-refractivity contribution in [1.29, 1.82) is 0 Å². The molecule has 0 saturated carbocycles. The normalized spacial score (nSPS) is 10.8. The molecule has 5 nitrogen and oxygen atoms in total. The van der Waals surface area contributed by atoms with Crippen molar-refractivity contribution in [2.45, 2.75) is 6.54 Å². The largest absolute Gasteiger partial charge is 0.324 e. The Morgan fingerprint density at radius 3 is 3.23 bits per heavy atom. The van der Waals surface area contributed by atoms with Crippen LogP contribution in [0.25, 0.3) is 5.65 Å². The SMILES string of the molecule is CNCc1cn2cc[nH]c(=O)c2n1. The van der Waals surface area contributed by atoms with Crippen LogP contribution in [0.4, 0.5) is 0 Å². The van der Waals surface area contributed by atoms with E-state index in [1.54, 1.807) is 16.8 Å². The van der Waals surface area contributed by atoms with Crippen LogP contribution in [0.15, 0.2) is 23.4 Å². The van der Waals surface area contributed by atoms with Crippen molar-refractivity contribution in [3.05, 3.63) is 34.6 Å². The highest BCUT2D eigenvalue weighted by molar-refractivity contribution is 5.36. The van der Waals surface area contributed by atoms with E-state index in [0.717, 1.165) is 5.69 Å². The van der Waals surface area contributed by atoms with Crippen LogP contribution in [0.2, 0.25) is 0 Å². The Kier molecular flexibility index (Phi) is 1.86. The van der Waals surface area contributed by atoms with E-state index < -0.39 is 0 Å². The molecule has 0 aliphatic rings. The summed E-state index contributed by atoms with van der Waals surface area (Å²) in [5, 5.41) is 2.98. The molecule has 0 unspecified atom stereocenters. The number of aromatic nitrogens is 3. The summed E-state index contributed by atoms with van der Waals surface area (Å²) in [6, 6.07) is 0. The number of imidazole rings is 1. The fourth-order valence-corrected chi connectivity index (χ4v) is 1.25. The van der Waals surface area contributed by atoms with Gasteiger partial charge in [0.05, 0.1) is 5.69 Å². The van der Waals surface area contributed by atoms with Gasteiger partial charge in [0.1, 0.15) is 0 Å². The van der Waals surface area contributed by atoms with E-state index in [9.17, 15) is 4.79 Å². The van der Waals surface area contributed by atoms with Crippen LogP contribution >= 0.6 is 0 Å². The van der Waals surface area contributed by atoms with Gasteiger partial charge in [-0.2, -0.15) is 0 Å². The molecule has 0 bridgehead atoms. The van der Waals surface area contributed by atoms with Crippen molar-refractivity contribution < 1.29 is 0 Å². The minimum absolute atomic E-state index is 0.162. The van der Waals surface area contributed by atoms with E-state index in [-0.39, 0.29) is 5.56 Å². The van der Waals surface area contributed by atoms with Crippen molar-refractivity contribution in [2.24, 2.45) is 0 Å². The average Bonchev–Trinajstić information content (AvgIpc) is 2.49. The van der Waals surface area contributed by atoms with Crippen LogP contribution in [0.5, 0.6) is 0 Å². The minimum atomic E-state index is -0.162. The molecular weight excluding hydrogens is 168 g/mol. The summed E-state index contributed by atoms with van der Waals surface area (Å²) in [7, 11) is 1.84. The Balaban J connectivity index is 2.62. The zero-order valence-electron chi connectivity index (χ0n) is 7.24. The number of aromatic amines is 1. The molecule has 0 amide bonds. The van der Waals surface area contributed by atoms with E-state index in [1.807, 2.05) is 13.2 Å². The van der Waals surface area contributed by atoms with Gasteiger partial charge in [-0.3, -0.25) is 4.79 Å². The highest BCUT2D eigenvalue weighted by Gasteiger charge is 2.02. The predicted octanol–water partition coefficient (Wildman–Crippen LogP) is -0.258. The lowest BCUT2D eigenvalue weighted by atomic mass is 10.5. The molecule has 0 aromatic carbocycles. The summed E-state index contributed by atoms with van der Waals surface area (Å²) in [6.45, 7) is 0.668. The van der Waals surface area contributed by atoms with Crippen LogP contribution in [-0.4, -0.2) is 21.4 Å². The molecule has 2 aromatic rings. The topological polar surface area (TPSA) is 62.2 Å². The maximum absolute atomic E-state index is 11.2. The summed E-state index contributed by atoms with van der Waals surface area (Å²) in [5.41, 5.74) is 1.14. The van der Waals surface area contributed by atoms with Crippen LogP contribution < -0.4 is 10.9 Å². The smallest absolute Gasteiger partial charge is 0.291 e. The first kappa shape index (κ1) is 8.00. The monoisotopic (exact) mass is 178 g/mol. The molecular formula is C8H10N4O. The first-order valence-electron chi connectivity index (χ1n) is 4.01. The average molecular weight is 178 g/mol. The molecule has 0 aliphatic carbocycles. The number of rotatable bonds is 2. The third-order valence-corrected chi connectivity index (χ3v) is 1.79. The highest BCUT2D eigenvalue weighted by Crippen LogP contribution is 1.98. The van der Waals surface area contributed by atoms with Gasteiger partial charge < -0.3 is 14.7 Å². The molecule has 0 spiro atoms. The Hall–Kier alpha value is -1.62. The van der Waals surface area contributed by atoms with Crippen LogP contribution in [0.1, 0.15) is 5.69 Å². The van der Waals surface area contributed by atoms with E-state index >= 15 is 0 Å². The molecule has 2 heterocycles. The summed E-state index contributed by atoms with van der Waals surface area (Å²) in [5.74, 6) is 0. The van der Waals surface area contributed by atoms with Gasteiger partial charge in [-0.25, -0.2) is 4.98 Å². The summed E-state index contributed by atoms with van der Waals surface area (Å²) in [4.78, 5) is 18.0. The van der Waals surface area contributed by atoms with Gasteiger partial charge in [0, 0.05) is 25.1 Å². The quantitative estimate of drug-likeness (QED) is 0.666. The van der Waals surface area contributed by atoms with Crippen molar-refractivity contribution in [1.82, 2.24) is 19.7 Å². The van der Waals surface area contributed by atoms with Crippen molar-refractivity contribution >= 4 is 5.65 Å². The van der Waals surface area contributed by atoms with Gasteiger partial charge in [-0.05, 0) is 7.05 Å². The molecule has 0 radical (unpaired) electrons. The van der Waals surface area contributed by atoms with E-state index in [4.69, 9.17) is 0 Å². The third-order valence-electron chi connectivity index (χ3n) is 1.79. The highest BCUT2D eigenvalue weighted by atomic mass is 16.1. The number of H-pyrrole nitrogens is 1. The lowest BCUT2D eigenvalue weighted by Crippen LogP contribution is -2.08. The molecule has 2 N–H and O–H groups in total. The van der Waals surface area contributed by atoms with Crippen molar-refractivity contribution in [2.75, 3.05) is 7.05 Å². The Morgan fingerprint density at radius 1 is 1.69 bits per heavy atom. The van der Waals surface area contributed by atoms with Gasteiger partial charge >= 0.3 is 0 Å². The zero-order chi connectivity index (χ0) is 9.26. The molecule has 0 fully saturated rings. The van der Waals surface area contributed by atoms with E-state index in [0.29, 0.717) is 12.2 Å². The maximum atomic E-state index is 11.2. The number of hydrogen-bond acceptors (Lipinski definition) is 3. The number of nitrogens with zero attached hydrogens (tertiary/aromatic N) is 2. The molecule has 13 heavy (non-hydrogen) atoms. The van der Waals surface area contributed by atoms with E-state index in [2.05, 4.69) is 15.3 Å². The van der Waals surface area contributed by atoms with Crippen LogP contribution in [0.3, 0.4) is 0 Å². The lowest BCUT2D eigenvalue weighted by Gasteiger charge is -1.88. The summed E-state index contributed by atoms with van der Waals surface area (Å²) < 4.78 is 1.71. The van der Waals surface area contributed by atoms with Crippen LogP contribution in [-0.2, 0) is 6.54 Å². The number of hydrogen-bond donors (Lipinski definition) is 2. The second-order valence-electron chi connectivity index (χ2n) is 2.78. The van der Waals surface area contributed by atoms with Gasteiger partial charge in [0.15, 0.2) is 0 Å². The number of fused-ring (bicyclic) bond motifs is 1. The fraction of sp³-hybridized carbons (Fsp3) is 0.250. The summed E-state index contributed by atoms with van der Waals surface area (Å²) in [6.07, 6.45) is 5.20. The van der Waals surface area contributed by atoms with Gasteiger partial charge in [-0.1, -0.05) is 0 Å². The molecule has 0 atom stereocenters. The standard InChI is InChI=1S/C8H10N4O/c1-9-4-6-5-12-3-2-10-8(13)7(12)11-6/h2-3,5,9H,4H2,1H3,(H,10,13). The minimum Gasteiger partial charge on any atom is -0.324 e. The van der Waals surface area contributed by atoms with Crippen LogP contribution in [0, 0.1) is 0 Å². The Labute approximate surface area is 74.4 Å². The second-order valence-corrected chi connectivity index (χ2v) is 2.78. The molecule has 2 rings (SSSR count). The third kappa shape index (κ3) is 1.33.